The number of hydrogen-bond donors (Lipinski definition) is 1. The molecule has 1 rings (SSSR count). The van der Waals surface area contributed by atoms with Gasteiger partial charge in [-0.25, -0.2) is 5.12 Å². The first-order chi connectivity index (χ1) is 6.27. The zero-order chi connectivity index (χ0) is 9.68. The number of anilines is 1. The molecule has 68 valence electrons. The molecule has 0 aliphatic heterocycles. The maximum absolute atomic E-state index is 3.86. The van der Waals surface area contributed by atoms with Gasteiger partial charge in [0.25, 0.3) is 0 Å². The van der Waals surface area contributed by atoms with E-state index in [1.807, 2.05) is 24.3 Å². The van der Waals surface area contributed by atoms with E-state index < -0.39 is 0 Å². The van der Waals surface area contributed by atoms with Gasteiger partial charge in [-0.2, -0.15) is 5.10 Å². The van der Waals surface area contributed by atoms with Crippen LogP contribution in [0.4, 0.5) is 11.4 Å². The molecule has 0 unspecified atom stereocenters. The Bertz CT molecular complexity index is 308. The summed E-state index contributed by atoms with van der Waals surface area (Å²) in [5.41, 5.74) is 4.63. The van der Waals surface area contributed by atoms with Gasteiger partial charge < -0.3 is 0 Å². The number of hydrazine groups is 1. The lowest BCUT2D eigenvalue weighted by molar-refractivity contribution is 0.434. The van der Waals surface area contributed by atoms with E-state index in [2.05, 4.69) is 29.0 Å². The van der Waals surface area contributed by atoms with Crippen molar-refractivity contribution >= 4 is 24.8 Å². The Morgan fingerprint density at radius 1 is 1.31 bits per heavy atom. The second-order valence-corrected chi connectivity index (χ2v) is 2.45. The van der Waals surface area contributed by atoms with E-state index in [9.17, 15) is 0 Å². The highest BCUT2D eigenvalue weighted by Gasteiger charge is 1.98. The van der Waals surface area contributed by atoms with E-state index in [1.165, 1.54) is 5.12 Å². The molecule has 0 fully saturated rings. The van der Waals surface area contributed by atoms with Crippen molar-refractivity contribution in [2.45, 2.75) is 0 Å². The lowest BCUT2D eigenvalue weighted by Crippen LogP contribution is -2.18. The standard InChI is InChI=1S/C9H12N4/c1-10-8-6-4-5-7-9(8)12-13(3)11-2/h4-7,12H,1-2H2,3H3. The summed E-state index contributed by atoms with van der Waals surface area (Å²) in [7, 11) is 1.76. The fourth-order valence-corrected chi connectivity index (χ4v) is 0.916. The minimum absolute atomic E-state index is 0.790. The number of rotatable bonds is 4. The summed E-state index contributed by atoms with van der Waals surface area (Å²) < 4.78 is 0. The van der Waals surface area contributed by atoms with Crippen molar-refractivity contribution in [2.75, 3.05) is 12.5 Å². The number of hydrazone groups is 1. The molecule has 0 radical (unpaired) electrons. The van der Waals surface area contributed by atoms with E-state index in [4.69, 9.17) is 0 Å². The van der Waals surface area contributed by atoms with Gasteiger partial charge in [0.1, 0.15) is 0 Å². The van der Waals surface area contributed by atoms with Crippen LogP contribution in [0.15, 0.2) is 34.4 Å². The summed E-state index contributed by atoms with van der Waals surface area (Å²) in [5, 5.41) is 5.17. The molecule has 0 aliphatic carbocycles. The summed E-state index contributed by atoms with van der Waals surface area (Å²) in [4.78, 5) is 3.86. The van der Waals surface area contributed by atoms with E-state index >= 15 is 0 Å². The molecule has 0 amide bonds. The summed E-state index contributed by atoms with van der Waals surface area (Å²) in [5.74, 6) is 0. The largest absolute Gasteiger partial charge is 0.281 e. The summed E-state index contributed by atoms with van der Waals surface area (Å²) in [6.07, 6.45) is 0. The zero-order valence-corrected chi connectivity index (χ0v) is 7.57. The van der Waals surface area contributed by atoms with Crippen molar-refractivity contribution in [3.05, 3.63) is 24.3 Å². The first-order valence-corrected chi connectivity index (χ1v) is 3.80. The molecule has 13 heavy (non-hydrogen) atoms. The third kappa shape index (κ3) is 2.30. The Hall–Kier alpha value is -1.84. The average molecular weight is 176 g/mol. The summed E-state index contributed by atoms with van der Waals surface area (Å²) in [6.45, 7) is 6.85. The molecule has 1 N–H and O–H groups in total. The second-order valence-electron chi connectivity index (χ2n) is 2.45. The highest BCUT2D eigenvalue weighted by Crippen LogP contribution is 2.23. The first kappa shape index (κ1) is 9.25. The highest BCUT2D eigenvalue weighted by molar-refractivity contribution is 5.66. The van der Waals surface area contributed by atoms with Gasteiger partial charge in [0.05, 0.1) is 11.4 Å². The van der Waals surface area contributed by atoms with Gasteiger partial charge in [-0.3, -0.25) is 10.4 Å². The zero-order valence-electron chi connectivity index (χ0n) is 7.57. The second kappa shape index (κ2) is 4.25. The summed E-state index contributed by atoms with van der Waals surface area (Å²) >= 11 is 0. The number of nitrogens with one attached hydrogen (secondary N) is 1. The number of hydrogen-bond acceptors (Lipinski definition) is 4. The number of para-hydroxylation sites is 2. The molecule has 0 bridgehead atoms. The molecule has 0 atom stereocenters. The maximum atomic E-state index is 3.86. The molecule has 4 heteroatoms. The quantitative estimate of drug-likeness (QED) is 0.562. The number of nitrogens with zero attached hydrogens (tertiary/aromatic N) is 3. The Labute approximate surface area is 77.6 Å². The van der Waals surface area contributed by atoms with E-state index in [-0.39, 0.29) is 0 Å². The van der Waals surface area contributed by atoms with E-state index in [0.29, 0.717) is 0 Å². The monoisotopic (exact) mass is 176 g/mol. The molecule has 0 aromatic heterocycles. The smallest absolute Gasteiger partial charge is 0.0872 e. The molecule has 1 aromatic rings. The molecule has 1 aromatic carbocycles. The van der Waals surface area contributed by atoms with Gasteiger partial charge in [0, 0.05) is 13.8 Å². The van der Waals surface area contributed by atoms with Gasteiger partial charge in [0.2, 0.25) is 0 Å². The normalized spacial score (nSPS) is 9.00. The van der Waals surface area contributed by atoms with Gasteiger partial charge >= 0.3 is 0 Å². The Balaban J connectivity index is 2.86. The fraction of sp³-hybridized carbons (Fsp3) is 0.111. The van der Waals surface area contributed by atoms with Crippen LogP contribution in [0.25, 0.3) is 0 Å². The average Bonchev–Trinajstić information content (AvgIpc) is 2.18. The lowest BCUT2D eigenvalue weighted by atomic mass is 10.3. The van der Waals surface area contributed by atoms with Crippen molar-refractivity contribution in [2.24, 2.45) is 10.1 Å². The highest BCUT2D eigenvalue weighted by atomic mass is 15.7. The van der Waals surface area contributed by atoms with Crippen molar-refractivity contribution in [1.29, 1.82) is 0 Å². The van der Waals surface area contributed by atoms with Crippen LogP contribution in [0.5, 0.6) is 0 Å². The predicted octanol–water partition coefficient (Wildman–Crippen LogP) is 1.89. The Kier molecular flexibility index (Phi) is 3.03. The molecule has 0 saturated heterocycles. The number of aliphatic imine (C=N–C) groups is 1. The first-order valence-electron chi connectivity index (χ1n) is 3.80. The predicted molar refractivity (Wildman–Crippen MR) is 56.6 cm³/mol. The SMILES string of the molecule is C=Nc1ccccc1NN(C)N=C. The molecular formula is C9H12N4. The van der Waals surface area contributed by atoms with Crippen LogP contribution >= 0.6 is 0 Å². The lowest BCUT2D eigenvalue weighted by Gasteiger charge is -2.15. The van der Waals surface area contributed by atoms with Gasteiger partial charge in [0.15, 0.2) is 0 Å². The van der Waals surface area contributed by atoms with Crippen molar-refractivity contribution < 1.29 is 0 Å². The minimum Gasteiger partial charge on any atom is -0.281 e. The van der Waals surface area contributed by atoms with Crippen molar-refractivity contribution in [3.8, 4) is 0 Å². The molecule has 4 nitrogen and oxygen atoms in total. The molecular weight excluding hydrogens is 164 g/mol. The van der Waals surface area contributed by atoms with Crippen molar-refractivity contribution in [1.82, 2.24) is 5.12 Å². The Morgan fingerprint density at radius 2 is 2.00 bits per heavy atom. The van der Waals surface area contributed by atoms with Crippen LogP contribution in [0.1, 0.15) is 0 Å². The van der Waals surface area contributed by atoms with Gasteiger partial charge in [-0.15, -0.1) is 0 Å². The fourth-order valence-electron chi connectivity index (χ4n) is 0.916. The topological polar surface area (TPSA) is 40.0 Å². The van der Waals surface area contributed by atoms with E-state index in [0.717, 1.165) is 11.4 Å². The van der Waals surface area contributed by atoms with Crippen LogP contribution in [0.2, 0.25) is 0 Å². The molecule has 0 saturated carbocycles. The van der Waals surface area contributed by atoms with Crippen LogP contribution in [0, 0.1) is 0 Å². The van der Waals surface area contributed by atoms with Gasteiger partial charge in [-0.1, -0.05) is 12.1 Å². The number of benzene rings is 1. The molecule has 0 heterocycles. The van der Waals surface area contributed by atoms with Crippen molar-refractivity contribution in [3.63, 3.8) is 0 Å². The van der Waals surface area contributed by atoms with Crippen LogP contribution < -0.4 is 5.43 Å². The third-order valence-electron chi connectivity index (χ3n) is 1.57. The van der Waals surface area contributed by atoms with Crippen LogP contribution in [-0.2, 0) is 0 Å². The molecule has 0 spiro atoms. The van der Waals surface area contributed by atoms with E-state index in [1.54, 1.807) is 7.05 Å². The Morgan fingerprint density at radius 3 is 2.62 bits per heavy atom. The van der Waals surface area contributed by atoms with Crippen LogP contribution in [-0.4, -0.2) is 25.6 Å². The van der Waals surface area contributed by atoms with Crippen LogP contribution in [0.3, 0.4) is 0 Å². The maximum Gasteiger partial charge on any atom is 0.0872 e. The third-order valence-corrected chi connectivity index (χ3v) is 1.57. The summed E-state index contributed by atoms with van der Waals surface area (Å²) in [6, 6.07) is 7.57. The molecule has 0 aliphatic rings. The minimum atomic E-state index is 0.790. The van der Waals surface area contributed by atoms with Gasteiger partial charge in [-0.05, 0) is 18.9 Å².